The average molecular weight is 383 g/mol. The molecule has 7 heteroatoms. The number of rotatable bonds is 9. The van der Waals surface area contributed by atoms with Gasteiger partial charge in [0.25, 0.3) is 5.91 Å². The molecule has 0 spiro atoms. The monoisotopic (exact) mass is 382 g/mol. The molecule has 1 aliphatic heterocycles. The van der Waals surface area contributed by atoms with E-state index in [9.17, 15) is 13.2 Å². The standard InChI is InChI=1S/C19H30N2O4S/c1-3-5-6-16(4-2)15-20-19(22)17-7-9-18(10-8-17)26(23,24)21-11-13-25-14-12-21/h7-10,16H,3-6,11-15H2,1-2H3,(H,20,22)/t16-/m0/s1. The highest BCUT2D eigenvalue weighted by Gasteiger charge is 2.26. The van der Waals surface area contributed by atoms with Gasteiger partial charge < -0.3 is 10.1 Å². The number of hydrogen-bond acceptors (Lipinski definition) is 4. The lowest BCUT2D eigenvalue weighted by molar-refractivity contribution is 0.0730. The van der Waals surface area contributed by atoms with Gasteiger partial charge in [-0.2, -0.15) is 4.31 Å². The summed E-state index contributed by atoms with van der Waals surface area (Å²) in [7, 11) is -3.52. The Kier molecular flexibility index (Phi) is 8.06. The molecule has 146 valence electrons. The third-order valence-corrected chi connectivity index (χ3v) is 6.73. The zero-order valence-corrected chi connectivity index (χ0v) is 16.6. The number of carbonyl (C=O) groups is 1. The molecule has 1 heterocycles. The summed E-state index contributed by atoms with van der Waals surface area (Å²) in [4.78, 5) is 12.5. The van der Waals surface area contributed by atoms with E-state index in [1.165, 1.54) is 22.9 Å². The summed E-state index contributed by atoms with van der Waals surface area (Å²) in [6, 6.07) is 6.17. The summed E-state index contributed by atoms with van der Waals surface area (Å²) in [6.07, 6.45) is 4.48. The molecule has 6 nitrogen and oxygen atoms in total. The number of hydrogen-bond donors (Lipinski definition) is 1. The summed E-state index contributed by atoms with van der Waals surface area (Å²) >= 11 is 0. The van der Waals surface area contributed by atoms with E-state index in [1.807, 2.05) is 0 Å². The van der Waals surface area contributed by atoms with Crippen molar-refractivity contribution in [2.24, 2.45) is 5.92 Å². The van der Waals surface area contributed by atoms with Gasteiger partial charge in [-0.3, -0.25) is 4.79 Å². The molecule has 1 saturated heterocycles. The highest BCUT2D eigenvalue weighted by molar-refractivity contribution is 7.89. The van der Waals surface area contributed by atoms with Crippen LogP contribution in [0.2, 0.25) is 0 Å². The van der Waals surface area contributed by atoms with Crippen LogP contribution in [0.25, 0.3) is 0 Å². The third kappa shape index (κ3) is 5.53. The maximum atomic E-state index is 12.6. The molecule has 2 rings (SSSR count). The van der Waals surface area contributed by atoms with Crippen LogP contribution >= 0.6 is 0 Å². The van der Waals surface area contributed by atoms with Crippen LogP contribution in [-0.4, -0.2) is 51.5 Å². The molecule has 1 aromatic rings. The SMILES string of the molecule is CCCC[C@H](CC)CNC(=O)c1ccc(S(=O)(=O)N2CCOCC2)cc1. The van der Waals surface area contributed by atoms with E-state index in [1.54, 1.807) is 12.1 Å². The Bertz CT molecular complexity index is 667. The molecule has 1 aliphatic rings. The predicted octanol–water partition coefficient (Wildman–Crippen LogP) is 2.65. The van der Waals surface area contributed by atoms with Gasteiger partial charge in [0.2, 0.25) is 10.0 Å². The molecule has 0 aromatic heterocycles. The van der Waals surface area contributed by atoms with Gasteiger partial charge in [-0.25, -0.2) is 8.42 Å². The van der Waals surface area contributed by atoms with Crippen LogP contribution in [0.3, 0.4) is 0 Å². The molecule has 0 radical (unpaired) electrons. The lowest BCUT2D eigenvalue weighted by atomic mass is 9.99. The number of amides is 1. The van der Waals surface area contributed by atoms with Crippen molar-refractivity contribution in [3.63, 3.8) is 0 Å². The first kappa shape index (κ1) is 20.9. The van der Waals surface area contributed by atoms with Crippen molar-refractivity contribution in [2.45, 2.75) is 44.4 Å². The van der Waals surface area contributed by atoms with Gasteiger partial charge in [-0.1, -0.05) is 33.1 Å². The Balaban J connectivity index is 1.96. The van der Waals surface area contributed by atoms with Gasteiger partial charge in [0, 0.05) is 25.2 Å². The molecular weight excluding hydrogens is 352 g/mol. The van der Waals surface area contributed by atoms with Crippen molar-refractivity contribution in [1.29, 1.82) is 0 Å². The second-order valence-electron chi connectivity index (χ2n) is 6.67. The van der Waals surface area contributed by atoms with Crippen molar-refractivity contribution in [3.05, 3.63) is 29.8 Å². The molecule has 1 aromatic carbocycles. The summed E-state index contributed by atoms with van der Waals surface area (Å²) in [6.45, 7) is 6.51. The Labute approximate surface area is 157 Å². The maximum absolute atomic E-state index is 12.6. The fraction of sp³-hybridized carbons (Fsp3) is 0.632. The van der Waals surface area contributed by atoms with E-state index in [2.05, 4.69) is 19.2 Å². The molecule has 0 saturated carbocycles. The number of benzene rings is 1. The minimum Gasteiger partial charge on any atom is -0.379 e. The maximum Gasteiger partial charge on any atom is 0.251 e. The summed E-state index contributed by atoms with van der Waals surface area (Å²) in [5.41, 5.74) is 0.483. The van der Waals surface area contributed by atoms with Gasteiger partial charge >= 0.3 is 0 Å². The number of nitrogens with one attached hydrogen (secondary N) is 1. The topological polar surface area (TPSA) is 75.7 Å². The highest BCUT2D eigenvalue weighted by Crippen LogP contribution is 2.18. The normalized spacial score (nSPS) is 17.0. The van der Waals surface area contributed by atoms with Crippen molar-refractivity contribution in [1.82, 2.24) is 9.62 Å². The van der Waals surface area contributed by atoms with Gasteiger partial charge in [0.1, 0.15) is 0 Å². The fourth-order valence-electron chi connectivity index (χ4n) is 3.00. The van der Waals surface area contributed by atoms with Gasteiger partial charge in [0.05, 0.1) is 18.1 Å². The van der Waals surface area contributed by atoms with E-state index in [-0.39, 0.29) is 10.8 Å². The van der Waals surface area contributed by atoms with E-state index >= 15 is 0 Å². The molecule has 1 atom stereocenters. The Morgan fingerprint density at radius 3 is 2.42 bits per heavy atom. The first-order valence-corrected chi connectivity index (χ1v) is 10.9. The first-order chi connectivity index (χ1) is 12.5. The second-order valence-corrected chi connectivity index (χ2v) is 8.61. The van der Waals surface area contributed by atoms with Crippen molar-refractivity contribution >= 4 is 15.9 Å². The minimum atomic E-state index is -3.52. The molecule has 1 N–H and O–H groups in total. The summed E-state index contributed by atoms with van der Waals surface area (Å²) < 4.78 is 31.8. The number of carbonyl (C=O) groups excluding carboxylic acids is 1. The number of sulfonamides is 1. The van der Waals surface area contributed by atoms with Gasteiger partial charge in [-0.15, -0.1) is 0 Å². The molecule has 1 fully saturated rings. The molecule has 26 heavy (non-hydrogen) atoms. The largest absolute Gasteiger partial charge is 0.379 e. The lowest BCUT2D eigenvalue weighted by Gasteiger charge is -2.26. The number of nitrogens with zero attached hydrogens (tertiary/aromatic N) is 1. The van der Waals surface area contributed by atoms with E-state index in [0.29, 0.717) is 44.3 Å². The summed E-state index contributed by atoms with van der Waals surface area (Å²) in [5.74, 6) is 0.329. The average Bonchev–Trinajstić information content (AvgIpc) is 2.68. The van der Waals surface area contributed by atoms with Crippen LogP contribution in [0.15, 0.2) is 29.2 Å². The van der Waals surface area contributed by atoms with Crippen molar-refractivity contribution in [2.75, 3.05) is 32.8 Å². The second kappa shape index (κ2) is 10.0. The quantitative estimate of drug-likeness (QED) is 0.712. The molecule has 0 unspecified atom stereocenters. The molecular formula is C19H30N2O4S. The molecule has 1 amide bonds. The van der Waals surface area contributed by atoms with E-state index in [0.717, 1.165) is 19.3 Å². The lowest BCUT2D eigenvalue weighted by Crippen LogP contribution is -2.40. The number of morpholine rings is 1. The zero-order chi connectivity index (χ0) is 19.0. The predicted molar refractivity (Wildman–Crippen MR) is 102 cm³/mol. The first-order valence-electron chi connectivity index (χ1n) is 9.45. The third-order valence-electron chi connectivity index (χ3n) is 4.82. The van der Waals surface area contributed by atoms with Crippen LogP contribution in [-0.2, 0) is 14.8 Å². The van der Waals surface area contributed by atoms with Crippen molar-refractivity contribution < 1.29 is 17.9 Å². The van der Waals surface area contributed by atoms with Crippen LogP contribution in [0.5, 0.6) is 0 Å². The van der Waals surface area contributed by atoms with Crippen molar-refractivity contribution in [3.8, 4) is 0 Å². The van der Waals surface area contributed by atoms with Crippen LogP contribution in [0, 0.1) is 5.92 Å². The molecule has 0 bridgehead atoms. The number of ether oxygens (including phenoxy) is 1. The smallest absolute Gasteiger partial charge is 0.251 e. The zero-order valence-electron chi connectivity index (χ0n) is 15.7. The Hall–Kier alpha value is -1.44. The fourth-order valence-corrected chi connectivity index (χ4v) is 4.40. The van der Waals surface area contributed by atoms with E-state index < -0.39 is 10.0 Å². The highest BCUT2D eigenvalue weighted by atomic mass is 32.2. The van der Waals surface area contributed by atoms with Gasteiger partial charge in [-0.05, 0) is 36.6 Å². The van der Waals surface area contributed by atoms with Crippen LogP contribution in [0.4, 0.5) is 0 Å². The minimum absolute atomic E-state index is 0.157. The molecule has 0 aliphatic carbocycles. The summed E-state index contributed by atoms with van der Waals surface area (Å²) in [5, 5.41) is 2.97. The van der Waals surface area contributed by atoms with Crippen LogP contribution < -0.4 is 5.32 Å². The Morgan fingerprint density at radius 1 is 1.19 bits per heavy atom. The van der Waals surface area contributed by atoms with E-state index in [4.69, 9.17) is 4.74 Å². The van der Waals surface area contributed by atoms with Gasteiger partial charge in [0.15, 0.2) is 0 Å². The Morgan fingerprint density at radius 2 is 1.85 bits per heavy atom. The van der Waals surface area contributed by atoms with Crippen LogP contribution in [0.1, 0.15) is 49.9 Å². The number of unbranched alkanes of at least 4 members (excludes halogenated alkanes) is 1.